The summed E-state index contributed by atoms with van der Waals surface area (Å²) in [7, 11) is 0. The molecule has 17 heavy (non-hydrogen) atoms. The van der Waals surface area contributed by atoms with Crippen molar-refractivity contribution < 1.29 is 4.79 Å². The Morgan fingerprint density at radius 2 is 1.88 bits per heavy atom. The monoisotopic (exact) mass is 233 g/mol. The Morgan fingerprint density at radius 1 is 1.24 bits per heavy atom. The molecule has 4 nitrogen and oxygen atoms in total. The van der Waals surface area contributed by atoms with Crippen LogP contribution in [-0.2, 0) is 0 Å². The fraction of sp³-hybridized carbons (Fsp3) is 0.615. The van der Waals surface area contributed by atoms with Crippen LogP contribution >= 0.6 is 0 Å². The fourth-order valence-electron chi connectivity index (χ4n) is 2.22. The Hall–Kier alpha value is -1.45. The molecule has 2 heterocycles. The number of rotatable bonds is 2. The Labute approximate surface area is 102 Å². The molecule has 0 radical (unpaired) electrons. The quantitative estimate of drug-likeness (QED) is 0.736. The van der Waals surface area contributed by atoms with Crippen molar-refractivity contribution in [2.75, 3.05) is 18.0 Å². The van der Waals surface area contributed by atoms with E-state index in [4.69, 9.17) is 0 Å². The van der Waals surface area contributed by atoms with Gasteiger partial charge in [0, 0.05) is 19.3 Å². The lowest BCUT2D eigenvalue weighted by atomic mass is 10.2. The Morgan fingerprint density at radius 3 is 2.41 bits per heavy atom. The fourth-order valence-corrected chi connectivity index (χ4v) is 2.22. The largest absolute Gasteiger partial charge is 0.341 e. The first kappa shape index (κ1) is 12.0. The summed E-state index contributed by atoms with van der Waals surface area (Å²) in [5, 5.41) is 0. The minimum absolute atomic E-state index is 0.0323. The topological polar surface area (TPSA) is 46.1 Å². The zero-order valence-electron chi connectivity index (χ0n) is 10.6. The van der Waals surface area contributed by atoms with Gasteiger partial charge in [-0.3, -0.25) is 4.79 Å². The van der Waals surface area contributed by atoms with E-state index >= 15 is 0 Å². The van der Waals surface area contributed by atoms with E-state index in [1.165, 1.54) is 25.7 Å². The second-order valence-corrected chi connectivity index (χ2v) is 4.63. The molecular weight excluding hydrogens is 214 g/mol. The zero-order chi connectivity index (χ0) is 12.3. The summed E-state index contributed by atoms with van der Waals surface area (Å²) in [5.74, 6) is 0.805. The Kier molecular flexibility index (Phi) is 3.71. The third kappa shape index (κ3) is 2.81. The van der Waals surface area contributed by atoms with E-state index in [9.17, 15) is 4.79 Å². The smallest absolute Gasteiger partial charge is 0.225 e. The molecule has 0 unspecified atom stereocenters. The van der Waals surface area contributed by atoms with Crippen molar-refractivity contribution in [3.05, 3.63) is 17.5 Å². The van der Waals surface area contributed by atoms with E-state index in [1.54, 1.807) is 13.1 Å². The molecule has 0 bridgehead atoms. The molecule has 1 aliphatic rings. The van der Waals surface area contributed by atoms with Crippen LogP contribution in [0.15, 0.2) is 6.20 Å². The van der Waals surface area contributed by atoms with E-state index in [0.29, 0.717) is 5.56 Å². The third-order valence-electron chi connectivity index (χ3n) is 3.23. The van der Waals surface area contributed by atoms with Crippen molar-refractivity contribution in [1.29, 1.82) is 0 Å². The Bertz CT molecular complexity index is 409. The van der Waals surface area contributed by atoms with Gasteiger partial charge in [0.05, 0.1) is 11.3 Å². The molecule has 0 spiro atoms. The second kappa shape index (κ2) is 5.25. The molecule has 0 aliphatic carbocycles. The average molecular weight is 233 g/mol. The van der Waals surface area contributed by atoms with E-state index in [1.807, 2.05) is 6.92 Å². The summed E-state index contributed by atoms with van der Waals surface area (Å²) in [5.41, 5.74) is 1.41. The van der Waals surface area contributed by atoms with Gasteiger partial charge in [0.2, 0.25) is 5.95 Å². The summed E-state index contributed by atoms with van der Waals surface area (Å²) in [6.07, 6.45) is 6.65. The first-order valence-electron chi connectivity index (χ1n) is 6.28. The molecule has 1 saturated heterocycles. The number of ketones is 1. The zero-order valence-corrected chi connectivity index (χ0v) is 10.6. The predicted molar refractivity (Wildman–Crippen MR) is 67.5 cm³/mol. The number of carbonyl (C=O) groups excluding carboxylic acids is 1. The summed E-state index contributed by atoms with van der Waals surface area (Å²) in [4.78, 5) is 22.3. The number of nitrogens with zero attached hydrogens (tertiary/aromatic N) is 3. The Balaban J connectivity index is 2.21. The van der Waals surface area contributed by atoms with Crippen molar-refractivity contribution >= 4 is 11.7 Å². The lowest BCUT2D eigenvalue weighted by molar-refractivity contribution is 0.101. The number of hydrogen-bond acceptors (Lipinski definition) is 4. The van der Waals surface area contributed by atoms with Crippen molar-refractivity contribution in [2.45, 2.75) is 39.5 Å². The molecule has 0 saturated carbocycles. The number of aromatic nitrogens is 2. The highest BCUT2D eigenvalue weighted by molar-refractivity contribution is 5.94. The van der Waals surface area contributed by atoms with E-state index in [-0.39, 0.29) is 5.78 Å². The highest BCUT2D eigenvalue weighted by Crippen LogP contribution is 2.16. The van der Waals surface area contributed by atoms with Crippen LogP contribution in [-0.4, -0.2) is 28.8 Å². The molecule has 0 amide bonds. The van der Waals surface area contributed by atoms with Crippen LogP contribution in [0.3, 0.4) is 0 Å². The summed E-state index contributed by atoms with van der Waals surface area (Å²) in [6.45, 7) is 5.48. The molecule has 0 atom stereocenters. The molecule has 92 valence electrons. The molecule has 4 heteroatoms. The molecule has 1 aromatic rings. The standard InChI is InChI=1S/C13H19N3O/c1-10-12(11(2)17)9-14-13(15-10)16-7-5-3-4-6-8-16/h9H,3-8H2,1-2H3. The molecule has 1 aromatic heterocycles. The van der Waals surface area contributed by atoms with Gasteiger partial charge < -0.3 is 4.90 Å². The number of carbonyl (C=O) groups is 1. The minimum atomic E-state index is 0.0323. The van der Waals surface area contributed by atoms with E-state index in [0.717, 1.165) is 24.7 Å². The van der Waals surface area contributed by atoms with Crippen LogP contribution in [0.4, 0.5) is 5.95 Å². The van der Waals surface area contributed by atoms with Crippen LogP contribution < -0.4 is 4.90 Å². The van der Waals surface area contributed by atoms with Crippen molar-refractivity contribution in [3.8, 4) is 0 Å². The van der Waals surface area contributed by atoms with Crippen molar-refractivity contribution in [3.63, 3.8) is 0 Å². The highest BCUT2D eigenvalue weighted by atomic mass is 16.1. The van der Waals surface area contributed by atoms with Gasteiger partial charge >= 0.3 is 0 Å². The maximum absolute atomic E-state index is 11.3. The summed E-state index contributed by atoms with van der Waals surface area (Å²) in [6, 6.07) is 0. The molecule has 0 N–H and O–H groups in total. The van der Waals surface area contributed by atoms with Crippen LogP contribution in [0.2, 0.25) is 0 Å². The van der Waals surface area contributed by atoms with Gasteiger partial charge in [-0.1, -0.05) is 12.8 Å². The molecular formula is C13H19N3O. The van der Waals surface area contributed by atoms with Gasteiger partial charge in [-0.25, -0.2) is 9.97 Å². The van der Waals surface area contributed by atoms with Crippen LogP contribution in [0.1, 0.15) is 48.7 Å². The lowest BCUT2D eigenvalue weighted by Gasteiger charge is -2.20. The first-order valence-corrected chi connectivity index (χ1v) is 6.28. The van der Waals surface area contributed by atoms with Crippen LogP contribution in [0.5, 0.6) is 0 Å². The maximum Gasteiger partial charge on any atom is 0.225 e. The van der Waals surface area contributed by atoms with Crippen LogP contribution in [0.25, 0.3) is 0 Å². The predicted octanol–water partition coefficient (Wildman–Crippen LogP) is 2.37. The van der Waals surface area contributed by atoms with E-state index in [2.05, 4.69) is 14.9 Å². The number of anilines is 1. The lowest BCUT2D eigenvalue weighted by Crippen LogP contribution is -2.26. The third-order valence-corrected chi connectivity index (χ3v) is 3.23. The van der Waals surface area contributed by atoms with Crippen molar-refractivity contribution in [1.82, 2.24) is 9.97 Å². The van der Waals surface area contributed by atoms with Crippen LogP contribution in [0, 0.1) is 6.92 Å². The van der Waals surface area contributed by atoms with Gasteiger partial charge in [-0.2, -0.15) is 0 Å². The summed E-state index contributed by atoms with van der Waals surface area (Å²) < 4.78 is 0. The molecule has 0 aromatic carbocycles. The SMILES string of the molecule is CC(=O)c1cnc(N2CCCCCC2)nc1C. The number of hydrogen-bond donors (Lipinski definition) is 0. The number of aryl methyl sites for hydroxylation is 1. The average Bonchev–Trinajstić information content (AvgIpc) is 2.56. The normalized spacial score (nSPS) is 16.7. The second-order valence-electron chi connectivity index (χ2n) is 4.63. The summed E-state index contributed by atoms with van der Waals surface area (Å²) >= 11 is 0. The van der Waals surface area contributed by atoms with Gasteiger partial charge in [0.1, 0.15) is 0 Å². The molecule has 1 aliphatic heterocycles. The van der Waals surface area contributed by atoms with Crippen molar-refractivity contribution in [2.24, 2.45) is 0 Å². The van der Waals surface area contributed by atoms with Gasteiger partial charge in [0.25, 0.3) is 0 Å². The molecule has 1 fully saturated rings. The first-order chi connectivity index (χ1) is 8.18. The highest BCUT2D eigenvalue weighted by Gasteiger charge is 2.14. The maximum atomic E-state index is 11.3. The van der Waals surface area contributed by atoms with Gasteiger partial charge in [-0.15, -0.1) is 0 Å². The molecule has 2 rings (SSSR count). The van der Waals surface area contributed by atoms with E-state index < -0.39 is 0 Å². The minimum Gasteiger partial charge on any atom is -0.341 e. The van der Waals surface area contributed by atoms with Gasteiger partial charge in [-0.05, 0) is 26.7 Å². The van der Waals surface area contributed by atoms with Gasteiger partial charge in [0.15, 0.2) is 5.78 Å². The number of Topliss-reactive ketones (excluding diaryl/α,β-unsaturated/α-hetero) is 1.